The van der Waals surface area contributed by atoms with Crippen LogP contribution in [0, 0.1) is 0 Å². The molecule has 3 heteroatoms. The van der Waals surface area contributed by atoms with E-state index in [0.29, 0.717) is 0 Å². The minimum Gasteiger partial charge on any atom is -0.254 e. The highest BCUT2D eigenvalue weighted by Gasteiger charge is 2.05. The zero-order chi connectivity index (χ0) is 11.4. The molecule has 0 aliphatic heterocycles. The van der Waals surface area contributed by atoms with Gasteiger partial charge >= 0.3 is 0 Å². The Kier molecular flexibility index (Phi) is 2.87. The summed E-state index contributed by atoms with van der Waals surface area (Å²) in [6.45, 7) is 7.36. The quantitative estimate of drug-likeness (QED) is 0.728. The summed E-state index contributed by atoms with van der Waals surface area (Å²) in [6, 6.07) is 3.84. The molecule has 16 heavy (non-hydrogen) atoms. The second-order valence-electron chi connectivity index (χ2n) is 3.15. The lowest BCUT2D eigenvalue weighted by molar-refractivity contribution is 1.29. The molecule has 78 valence electrons. The maximum atomic E-state index is 4.31. The molecule has 0 N–H and O–H groups in total. The molecule has 3 nitrogen and oxygen atoms in total. The zero-order valence-electron chi connectivity index (χ0n) is 8.80. The van der Waals surface area contributed by atoms with Crippen molar-refractivity contribution in [2.75, 3.05) is 0 Å². The molecule has 1 heterocycles. The monoisotopic (exact) mass is 209 g/mol. The van der Waals surface area contributed by atoms with Gasteiger partial charge in [-0.25, -0.2) is 0 Å². The van der Waals surface area contributed by atoms with Crippen LogP contribution in [0.25, 0.3) is 17.1 Å². The van der Waals surface area contributed by atoms with Crippen LogP contribution in [0.15, 0.2) is 48.8 Å². The Bertz CT molecular complexity index is 570. The Morgan fingerprint density at radius 3 is 2.69 bits per heavy atom. The van der Waals surface area contributed by atoms with Crippen molar-refractivity contribution in [2.45, 2.75) is 0 Å². The van der Waals surface area contributed by atoms with Crippen LogP contribution in [-0.4, -0.2) is 16.2 Å². The molecule has 1 aromatic carbocycles. The van der Waals surface area contributed by atoms with Crippen LogP contribution >= 0.6 is 0 Å². The predicted octanol–water partition coefficient (Wildman–Crippen LogP) is 3.16. The molecule has 1 aromatic heterocycles. The number of hydrogen-bond acceptors (Lipinski definition) is 3. The molecular formula is C13H11N3. The third kappa shape index (κ3) is 1.75. The SMILES string of the molecule is C=CC=Nc1c(C=C)ccc2nccnc12. The fourth-order valence-electron chi connectivity index (χ4n) is 1.47. The van der Waals surface area contributed by atoms with E-state index in [0.717, 1.165) is 22.3 Å². The molecule has 0 spiro atoms. The van der Waals surface area contributed by atoms with Crippen LogP contribution < -0.4 is 0 Å². The molecule has 0 radical (unpaired) electrons. The predicted molar refractivity (Wildman–Crippen MR) is 68.0 cm³/mol. The number of aromatic nitrogens is 2. The molecule has 0 fully saturated rings. The molecule has 0 saturated heterocycles. The lowest BCUT2D eigenvalue weighted by Crippen LogP contribution is -1.85. The maximum Gasteiger partial charge on any atom is 0.115 e. The summed E-state index contributed by atoms with van der Waals surface area (Å²) in [6.07, 6.45) is 8.33. The highest BCUT2D eigenvalue weighted by Crippen LogP contribution is 2.27. The summed E-state index contributed by atoms with van der Waals surface area (Å²) < 4.78 is 0. The molecule has 0 unspecified atom stereocenters. The molecule has 2 rings (SSSR count). The van der Waals surface area contributed by atoms with Crippen LogP contribution in [0.2, 0.25) is 0 Å². The van der Waals surface area contributed by atoms with Gasteiger partial charge in [-0.2, -0.15) is 0 Å². The number of allylic oxidation sites excluding steroid dienone is 1. The van der Waals surface area contributed by atoms with Crippen molar-refractivity contribution in [3.05, 3.63) is 49.3 Å². The second-order valence-corrected chi connectivity index (χ2v) is 3.15. The Balaban J connectivity index is 2.77. The van der Waals surface area contributed by atoms with Crippen molar-refractivity contribution in [1.29, 1.82) is 0 Å². The highest BCUT2D eigenvalue weighted by molar-refractivity contribution is 5.93. The first-order chi connectivity index (χ1) is 7.86. The van der Waals surface area contributed by atoms with Crippen molar-refractivity contribution >= 4 is 29.0 Å². The first kappa shape index (κ1) is 10.2. The topological polar surface area (TPSA) is 38.1 Å². The first-order valence-corrected chi connectivity index (χ1v) is 4.88. The van der Waals surface area contributed by atoms with E-state index in [1.165, 1.54) is 0 Å². The van der Waals surface area contributed by atoms with Crippen LogP contribution in [0.3, 0.4) is 0 Å². The molecule has 0 amide bonds. The van der Waals surface area contributed by atoms with E-state index in [1.54, 1.807) is 30.8 Å². The zero-order valence-corrected chi connectivity index (χ0v) is 8.80. The van der Waals surface area contributed by atoms with Gasteiger partial charge in [-0.3, -0.25) is 15.0 Å². The number of aliphatic imine (C=N–C) groups is 1. The molecule has 0 saturated carbocycles. The Morgan fingerprint density at radius 1 is 1.12 bits per heavy atom. The summed E-state index contributed by atoms with van der Waals surface area (Å²) >= 11 is 0. The van der Waals surface area contributed by atoms with E-state index in [1.807, 2.05) is 12.1 Å². The standard InChI is InChI=1S/C13H11N3/c1-3-7-15-12-10(4-2)5-6-11-13(12)16-9-8-14-11/h3-9H,1-2H2. The molecular weight excluding hydrogens is 198 g/mol. The van der Waals surface area contributed by atoms with Crippen LogP contribution in [0.1, 0.15) is 5.56 Å². The maximum absolute atomic E-state index is 4.31. The van der Waals surface area contributed by atoms with Gasteiger partial charge in [0.15, 0.2) is 0 Å². The fourth-order valence-corrected chi connectivity index (χ4v) is 1.47. The van der Waals surface area contributed by atoms with Crippen molar-refractivity contribution in [3.8, 4) is 0 Å². The van der Waals surface area contributed by atoms with Gasteiger partial charge in [-0.1, -0.05) is 31.4 Å². The third-order valence-corrected chi connectivity index (χ3v) is 2.17. The van der Waals surface area contributed by atoms with Gasteiger partial charge < -0.3 is 0 Å². The number of benzene rings is 1. The van der Waals surface area contributed by atoms with Gasteiger partial charge in [0, 0.05) is 24.2 Å². The molecule has 0 aliphatic rings. The molecule has 0 atom stereocenters. The van der Waals surface area contributed by atoms with Crippen molar-refractivity contribution < 1.29 is 0 Å². The van der Waals surface area contributed by atoms with Crippen molar-refractivity contribution in [1.82, 2.24) is 9.97 Å². The number of nitrogens with zero attached hydrogens (tertiary/aromatic N) is 3. The molecule has 0 bridgehead atoms. The van der Waals surface area contributed by atoms with Crippen molar-refractivity contribution in [3.63, 3.8) is 0 Å². The van der Waals surface area contributed by atoms with E-state index in [2.05, 4.69) is 28.1 Å². The largest absolute Gasteiger partial charge is 0.254 e. The van der Waals surface area contributed by atoms with Gasteiger partial charge in [-0.15, -0.1) is 0 Å². The van der Waals surface area contributed by atoms with Crippen LogP contribution in [-0.2, 0) is 0 Å². The molecule has 2 aromatic rings. The van der Waals surface area contributed by atoms with Gasteiger partial charge in [-0.05, 0) is 6.07 Å². The lowest BCUT2D eigenvalue weighted by Gasteiger charge is -2.03. The van der Waals surface area contributed by atoms with E-state index >= 15 is 0 Å². The van der Waals surface area contributed by atoms with Gasteiger partial charge in [0.25, 0.3) is 0 Å². The minimum absolute atomic E-state index is 0.776. The highest BCUT2D eigenvalue weighted by atomic mass is 14.8. The fraction of sp³-hybridized carbons (Fsp3) is 0. The Hall–Kier alpha value is -2.29. The molecule has 0 aliphatic carbocycles. The van der Waals surface area contributed by atoms with E-state index < -0.39 is 0 Å². The van der Waals surface area contributed by atoms with E-state index in [-0.39, 0.29) is 0 Å². The summed E-state index contributed by atoms with van der Waals surface area (Å²) in [5.41, 5.74) is 3.31. The number of hydrogen-bond donors (Lipinski definition) is 0. The lowest BCUT2D eigenvalue weighted by atomic mass is 10.1. The second kappa shape index (κ2) is 4.49. The summed E-state index contributed by atoms with van der Waals surface area (Å²) in [4.78, 5) is 12.8. The smallest absolute Gasteiger partial charge is 0.115 e. The normalized spacial score (nSPS) is 10.8. The minimum atomic E-state index is 0.776. The average molecular weight is 209 g/mol. The van der Waals surface area contributed by atoms with Gasteiger partial charge in [0.1, 0.15) is 5.52 Å². The number of fused-ring (bicyclic) bond motifs is 1. The van der Waals surface area contributed by atoms with E-state index in [4.69, 9.17) is 0 Å². The van der Waals surface area contributed by atoms with Crippen LogP contribution in [0.5, 0.6) is 0 Å². The summed E-state index contributed by atoms with van der Waals surface area (Å²) in [7, 11) is 0. The van der Waals surface area contributed by atoms with Crippen molar-refractivity contribution in [2.24, 2.45) is 4.99 Å². The van der Waals surface area contributed by atoms with Crippen LogP contribution in [0.4, 0.5) is 5.69 Å². The summed E-state index contributed by atoms with van der Waals surface area (Å²) in [5, 5.41) is 0. The van der Waals surface area contributed by atoms with E-state index in [9.17, 15) is 0 Å². The van der Waals surface area contributed by atoms with Gasteiger partial charge in [0.05, 0.1) is 11.2 Å². The Morgan fingerprint density at radius 2 is 1.94 bits per heavy atom. The average Bonchev–Trinajstić information content (AvgIpc) is 2.35. The number of rotatable bonds is 3. The summed E-state index contributed by atoms with van der Waals surface area (Å²) in [5.74, 6) is 0. The third-order valence-electron chi connectivity index (χ3n) is 2.17. The Labute approximate surface area is 93.9 Å². The van der Waals surface area contributed by atoms with Gasteiger partial charge in [0.2, 0.25) is 0 Å². The first-order valence-electron chi connectivity index (χ1n) is 4.88.